The lowest BCUT2D eigenvalue weighted by Crippen LogP contribution is -2.37. The van der Waals surface area contributed by atoms with Crippen molar-refractivity contribution in [3.8, 4) is 0 Å². The lowest BCUT2D eigenvalue weighted by atomic mass is 10.1. The van der Waals surface area contributed by atoms with Crippen LogP contribution in [0.25, 0.3) is 0 Å². The number of rotatable bonds is 5. The largest absolute Gasteiger partial charge is 0.349 e. The Labute approximate surface area is 128 Å². The summed E-state index contributed by atoms with van der Waals surface area (Å²) in [6.45, 7) is 3.90. The van der Waals surface area contributed by atoms with Crippen molar-refractivity contribution in [3.05, 3.63) is 38.3 Å². The quantitative estimate of drug-likeness (QED) is 0.472. The van der Waals surface area contributed by atoms with E-state index in [9.17, 15) is 14.9 Å². The van der Waals surface area contributed by atoms with E-state index in [2.05, 4.69) is 37.2 Å². The Hall–Kier alpha value is -0.950. The third-order valence-corrected chi connectivity index (χ3v) is 4.29. The number of nitro benzene ring substituents is 1. The molecule has 1 amide bonds. The highest BCUT2D eigenvalue weighted by atomic mass is 79.9. The fourth-order valence-electron chi connectivity index (χ4n) is 1.38. The molecule has 5 nitrogen and oxygen atoms in total. The van der Waals surface area contributed by atoms with Crippen LogP contribution >= 0.6 is 31.9 Å². The Balaban J connectivity index is 2.91. The maximum atomic E-state index is 12.0. The van der Waals surface area contributed by atoms with Gasteiger partial charge >= 0.3 is 0 Å². The molecule has 0 saturated heterocycles. The molecule has 1 aromatic rings. The molecule has 0 aromatic heterocycles. The molecule has 0 aliphatic heterocycles. The zero-order valence-electron chi connectivity index (χ0n) is 10.5. The lowest BCUT2D eigenvalue weighted by molar-refractivity contribution is -0.385. The maximum Gasteiger partial charge on any atom is 0.271 e. The minimum Gasteiger partial charge on any atom is -0.349 e. The zero-order chi connectivity index (χ0) is 14.6. The standard InChI is InChI=1S/C12H14Br2N2O3/c1-7(6-13)8(2)15-12(17)9-3-10(14)5-11(4-9)16(18)19/h3-5,7-8H,6H2,1-2H3,(H,15,17). The van der Waals surface area contributed by atoms with E-state index in [4.69, 9.17) is 0 Å². The number of nitro groups is 1. The van der Waals surface area contributed by atoms with E-state index >= 15 is 0 Å². The van der Waals surface area contributed by atoms with E-state index in [1.807, 2.05) is 13.8 Å². The van der Waals surface area contributed by atoms with Crippen LogP contribution in [0.1, 0.15) is 24.2 Å². The first-order valence-electron chi connectivity index (χ1n) is 5.67. The Morgan fingerprint density at radius 1 is 1.42 bits per heavy atom. The maximum absolute atomic E-state index is 12.0. The average Bonchev–Trinajstić information content (AvgIpc) is 2.36. The van der Waals surface area contributed by atoms with Gasteiger partial charge in [-0.1, -0.05) is 38.8 Å². The number of amides is 1. The number of hydrogen-bond acceptors (Lipinski definition) is 3. The summed E-state index contributed by atoms with van der Waals surface area (Å²) in [5.74, 6) is -0.0456. The molecule has 104 valence electrons. The van der Waals surface area contributed by atoms with Gasteiger partial charge in [-0.2, -0.15) is 0 Å². The lowest BCUT2D eigenvalue weighted by Gasteiger charge is -2.19. The zero-order valence-corrected chi connectivity index (χ0v) is 13.7. The molecule has 0 heterocycles. The number of non-ortho nitro benzene ring substituents is 1. The average molecular weight is 394 g/mol. The van der Waals surface area contributed by atoms with Crippen LogP contribution in [-0.2, 0) is 0 Å². The summed E-state index contributed by atoms with van der Waals surface area (Å²) in [4.78, 5) is 22.3. The van der Waals surface area contributed by atoms with Gasteiger partial charge in [0.15, 0.2) is 0 Å². The Morgan fingerprint density at radius 2 is 2.05 bits per heavy atom. The highest BCUT2D eigenvalue weighted by Crippen LogP contribution is 2.21. The van der Waals surface area contributed by atoms with E-state index in [-0.39, 0.29) is 29.1 Å². The number of hydrogen-bond donors (Lipinski definition) is 1. The van der Waals surface area contributed by atoms with Gasteiger partial charge in [0.25, 0.3) is 11.6 Å². The molecule has 0 fully saturated rings. The molecule has 19 heavy (non-hydrogen) atoms. The van der Waals surface area contributed by atoms with E-state index in [0.29, 0.717) is 4.47 Å². The third kappa shape index (κ3) is 4.58. The van der Waals surface area contributed by atoms with Crippen LogP contribution in [0.2, 0.25) is 0 Å². The number of nitrogens with zero attached hydrogens (tertiary/aromatic N) is 1. The van der Waals surface area contributed by atoms with Crippen molar-refractivity contribution in [1.82, 2.24) is 5.32 Å². The van der Waals surface area contributed by atoms with E-state index in [1.54, 1.807) is 6.07 Å². The van der Waals surface area contributed by atoms with Crippen molar-refractivity contribution in [2.75, 3.05) is 5.33 Å². The SMILES string of the molecule is CC(CBr)C(C)NC(=O)c1cc(Br)cc([N+](=O)[O-])c1. The second kappa shape index (κ2) is 7.00. The molecular formula is C12H14Br2N2O3. The summed E-state index contributed by atoms with van der Waals surface area (Å²) in [6, 6.07) is 4.17. The first kappa shape index (κ1) is 16.1. The molecule has 0 aliphatic rings. The van der Waals surface area contributed by atoms with Crippen LogP contribution in [0.4, 0.5) is 5.69 Å². The smallest absolute Gasteiger partial charge is 0.271 e. The summed E-state index contributed by atoms with van der Waals surface area (Å²) >= 11 is 6.52. The topological polar surface area (TPSA) is 72.2 Å². The molecule has 0 bridgehead atoms. The van der Waals surface area contributed by atoms with Crippen molar-refractivity contribution in [2.45, 2.75) is 19.9 Å². The predicted molar refractivity (Wildman–Crippen MR) is 80.7 cm³/mol. The number of carbonyl (C=O) groups excluding carboxylic acids is 1. The highest BCUT2D eigenvalue weighted by Gasteiger charge is 2.17. The van der Waals surface area contributed by atoms with Gasteiger partial charge in [0.2, 0.25) is 0 Å². The monoisotopic (exact) mass is 392 g/mol. The molecule has 0 radical (unpaired) electrons. The van der Waals surface area contributed by atoms with E-state index in [1.165, 1.54) is 12.1 Å². The van der Waals surface area contributed by atoms with Gasteiger partial charge in [-0.25, -0.2) is 0 Å². The van der Waals surface area contributed by atoms with Gasteiger partial charge in [-0.05, 0) is 18.9 Å². The number of nitrogens with one attached hydrogen (secondary N) is 1. The molecule has 0 aliphatic carbocycles. The summed E-state index contributed by atoms with van der Waals surface area (Å²) < 4.78 is 0.507. The first-order chi connectivity index (χ1) is 8.85. The minimum absolute atomic E-state index is 0.0232. The van der Waals surface area contributed by atoms with Crippen LogP contribution in [0.15, 0.2) is 22.7 Å². The normalized spacial score (nSPS) is 13.7. The summed E-state index contributed by atoms with van der Waals surface area (Å²) in [5, 5.41) is 14.4. The summed E-state index contributed by atoms with van der Waals surface area (Å²) in [5.41, 5.74) is 0.162. The Bertz CT molecular complexity index is 494. The predicted octanol–water partition coefficient (Wildman–Crippen LogP) is 3.51. The van der Waals surface area contributed by atoms with Gasteiger partial charge in [-0.3, -0.25) is 14.9 Å². The Kier molecular flexibility index (Phi) is 5.93. The number of carbonyl (C=O) groups is 1. The van der Waals surface area contributed by atoms with Gasteiger partial charge in [-0.15, -0.1) is 0 Å². The summed E-state index contributed by atoms with van der Waals surface area (Å²) in [6.07, 6.45) is 0. The van der Waals surface area contributed by atoms with Crippen LogP contribution in [0.5, 0.6) is 0 Å². The summed E-state index contributed by atoms with van der Waals surface area (Å²) in [7, 11) is 0. The third-order valence-electron chi connectivity index (χ3n) is 2.81. The van der Waals surface area contributed by atoms with Crippen LogP contribution in [0, 0.1) is 16.0 Å². The van der Waals surface area contributed by atoms with Crippen molar-refractivity contribution in [2.24, 2.45) is 5.92 Å². The van der Waals surface area contributed by atoms with Crippen molar-refractivity contribution in [3.63, 3.8) is 0 Å². The number of alkyl halides is 1. The second-order valence-corrected chi connectivity index (χ2v) is 5.91. The van der Waals surface area contributed by atoms with Crippen LogP contribution in [-0.4, -0.2) is 22.2 Å². The highest BCUT2D eigenvalue weighted by molar-refractivity contribution is 9.10. The number of halogens is 2. The minimum atomic E-state index is -0.522. The van der Waals surface area contributed by atoms with Gasteiger partial charge in [0.05, 0.1) is 4.92 Å². The van der Waals surface area contributed by atoms with Crippen LogP contribution < -0.4 is 5.32 Å². The molecular weight excluding hydrogens is 380 g/mol. The van der Waals surface area contributed by atoms with Crippen LogP contribution in [0.3, 0.4) is 0 Å². The fraction of sp³-hybridized carbons (Fsp3) is 0.417. The van der Waals surface area contributed by atoms with Gasteiger partial charge in [0, 0.05) is 33.5 Å². The molecule has 0 saturated carbocycles. The van der Waals surface area contributed by atoms with Crippen molar-refractivity contribution in [1.29, 1.82) is 0 Å². The molecule has 2 atom stereocenters. The van der Waals surface area contributed by atoms with Gasteiger partial charge < -0.3 is 5.32 Å². The molecule has 0 spiro atoms. The second-order valence-electron chi connectivity index (χ2n) is 4.35. The molecule has 2 unspecified atom stereocenters. The van der Waals surface area contributed by atoms with Crippen molar-refractivity contribution >= 4 is 43.5 Å². The molecule has 1 aromatic carbocycles. The van der Waals surface area contributed by atoms with Crippen molar-refractivity contribution < 1.29 is 9.72 Å². The molecule has 1 rings (SSSR count). The van der Waals surface area contributed by atoms with Gasteiger partial charge in [0.1, 0.15) is 0 Å². The first-order valence-corrected chi connectivity index (χ1v) is 7.58. The Morgan fingerprint density at radius 3 is 2.58 bits per heavy atom. The molecule has 7 heteroatoms. The molecule has 1 N–H and O–H groups in total. The number of benzene rings is 1. The van der Waals surface area contributed by atoms with E-state index in [0.717, 1.165) is 5.33 Å². The fourth-order valence-corrected chi connectivity index (χ4v) is 2.42. The van der Waals surface area contributed by atoms with E-state index < -0.39 is 4.92 Å².